The van der Waals surface area contributed by atoms with Crippen LogP contribution in [0.1, 0.15) is 11.7 Å². The first-order chi connectivity index (χ1) is 9.70. The second-order valence-electron chi connectivity index (χ2n) is 2.78. The fourth-order valence-corrected chi connectivity index (χ4v) is 1.14. The Hall–Kier alpha value is -2.04. The molecule has 1 N–H and O–H groups in total. The van der Waals surface area contributed by atoms with E-state index in [0.29, 0.717) is 11.3 Å². The molecule has 0 unspecified atom stereocenters. The number of aliphatic hydroxyl groups is 1. The van der Waals surface area contributed by atoms with Crippen molar-refractivity contribution in [1.29, 1.82) is 5.26 Å². The number of ether oxygens (including phenoxy) is 1. The Morgan fingerprint density at radius 2 is 1.67 bits per heavy atom. The van der Waals surface area contributed by atoms with Crippen LogP contribution < -0.4 is 4.74 Å². The van der Waals surface area contributed by atoms with Crippen molar-refractivity contribution in [3.8, 4) is 11.8 Å². The van der Waals surface area contributed by atoms with Gasteiger partial charge in [0.2, 0.25) is 0 Å². The zero-order valence-electron chi connectivity index (χ0n) is 11.0. The number of para-hydroxylation sites is 1. The van der Waals surface area contributed by atoms with Gasteiger partial charge >= 0.3 is 33.9 Å². The van der Waals surface area contributed by atoms with Crippen LogP contribution in [-0.4, -0.2) is 12.2 Å². The molecule has 1 atom stereocenters. The van der Waals surface area contributed by atoms with E-state index >= 15 is 0 Å². The second kappa shape index (κ2) is 20.3. The van der Waals surface area contributed by atoms with Crippen LogP contribution in [0.2, 0.25) is 0 Å². The van der Waals surface area contributed by atoms with Gasteiger partial charge < -0.3 is 9.84 Å². The molecular formula is C14H11CrNO5. The summed E-state index contributed by atoms with van der Waals surface area (Å²) in [5, 5.41) is 18.3. The summed E-state index contributed by atoms with van der Waals surface area (Å²) < 4.78 is 27.6. The molecule has 1 aromatic rings. The third-order valence-corrected chi connectivity index (χ3v) is 1.91. The van der Waals surface area contributed by atoms with Crippen molar-refractivity contribution < 1.29 is 41.2 Å². The predicted octanol–water partition coefficient (Wildman–Crippen LogP) is 1.69. The Kier molecular flexibility index (Phi) is 26.4. The van der Waals surface area contributed by atoms with Crippen molar-refractivity contribution in [2.75, 3.05) is 7.11 Å². The fourth-order valence-electron chi connectivity index (χ4n) is 1.14. The van der Waals surface area contributed by atoms with E-state index in [4.69, 9.17) is 24.0 Å². The van der Waals surface area contributed by atoms with E-state index < -0.39 is 6.10 Å². The molecule has 0 aliphatic carbocycles. The summed E-state index contributed by atoms with van der Waals surface area (Å²) in [5.74, 6) is 0.552. The Morgan fingerprint density at radius 3 is 2.05 bits per heavy atom. The summed E-state index contributed by atoms with van der Waals surface area (Å²) >= 11 is 0. The molecule has 0 amide bonds. The molecule has 0 fully saturated rings. The van der Waals surface area contributed by atoms with E-state index in [1.54, 1.807) is 24.3 Å². The molecule has 0 saturated heterocycles. The normalized spacial score (nSPS) is 7.95. The van der Waals surface area contributed by atoms with Crippen LogP contribution in [-0.2, 0) is 31.3 Å². The molecule has 0 heterocycles. The smallest absolute Gasteiger partial charge is 0 e. The maximum absolute atomic E-state index is 9.70. The van der Waals surface area contributed by atoms with Crippen LogP contribution in [0.5, 0.6) is 5.75 Å². The summed E-state index contributed by atoms with van der Waals surface area (Å²) in [6.07, 6.45) is -0.990. The third-order valence-electron chi connectivity index (χ3n) is 1.91. The molecule has 7 heteroatoms. The summed E-state index contributed by atoms with van der Waals surface area (Å²) in [6.45, 7) is 17.0. The standard InChI is InChI=1S/C11H11NO2.3CO.Cr/c1-8(7-12)11(13)9-5-3-4-6-10(9)14-2;3*1-2;/h3-6,11,13H,1H2,2H3;;;;/t11-;;;;/m0..../s1. The number of nitrogens with zero attached hydrogens (tertiary/aromatic N) is 1. The second-order valence-corrected chi connectivity index (χ2v) is 2.78. The summed E-state index contributed by atoms with van der Waals surface area (Å²) in [7, 11) is 1.51. The third kappa shape index (κ3) is 10.4. The predicted molar refractivity (Wildman–Crippen MR) is 64.5 cm³/mol. The molecule has 0 radical (unpaired) electrons. The van der Waals surface area contributed by atoms with Crippen LogP contribution >= 0.6 is 0 Å². The largest absolute Gasteiger partial charge is 0 e. The average molecular weight is 325 g/mol. The SMILES string of the molecule is C=C(C#N)[C@H](O)c1ccccc1OC.[C-]#[O+].[C-]#[O+].[C-]#[O+].[Cr]. The minimum Gasteiger partial charge on any atom is 0 e. The minimum atomic E-state index is -0.990. The molecular weight excluding hydrogens is 314 g/mol. The topological polar surface area (TPSA) is 113 Å². The summed E-state index contributed by atoms with van der Waals surface area (Å²) in [5.41, 5.74) is 0.663. The molecule has 0 bridgehead atoms. The van der Waals surface area contributed by atoms with Gasteiger partial charge in [-0.05, 0) is 6.07 Å². The molecule has 0 aromatic heterocycles. The fraction of sp³-hybridized carbons (Fsp3) is 0.143. The van der Waals surface area contributed by atoms with Gasteiger partial charge in [0.05, 0.1) is 18.8 Å². The molecule has 0 aliphatic heterocycles. The van der Waals surface area contributed by atoms with E-state index in [2.05, 4.69) is 26.5 Å². The van der Waals surface area contributed by atoms with E-state index in [0.717, 1.165) is 0 Å². The van der Waals surface area contributed by atoms with Gasteiger partial charge in [-0.25, -0.2) is 0 Å². The van der Waals surface area contributed by atoms with Gasteiger partial charge in [-0.15, -0.1) is 0 Å². The van der Waals surface area contributed by atoms with Gasteiger partial charge in [0.15, 0.2) is 0 Å². The molecule has 0 aliphatic rings. The number of hydrogen-bond donors (Lipinski definition) is 1. The maximum Gasteiger partial charge on any atom is 0 e. The van der Waals surface area contributed by atoms with Crippen LogP contribution in [0.4, 0.5) is 0 Å². The van der Waals surface area contributed by atoms with E-state index in [1.165, 1.54) is 7.11 Å². The number of rotatable bonds is 3. The Balaban J connectivity index is -0.000000183. The van der Waals surface area contributed by atoms with Crippen molar-refractivity contribution in [3.63, 3.8) is 0 Å². The molecule has 0 saturated carbocycles. The van der Waals surface area contributed by atoms with Gasteiger partial charge in [0, 0.05) is 22.9 Å². The first-order valence-corrected chi connectivity index (χ1v) is 4.71. The molecule has 0 spiro atoms. The number of aliphatic hydroxyl groups excluding tert-OH is 1. The van der Waals surface area contributed by atoms with E-state index in [9.17, 15) is 5.11 Å². The van der Waals surface area contributed by atoms with Crippen molar-refractivity contribution in [2.24, 2.45) is 0 Å². The molecule has 6 nitrogen and oxygen atoms in total. The van der Waals surface area contributed by atoms with Gasteiger partial charge in [0.1, 0.15) is 11.9 Å². The van der Waals surface area contributed by atoms with Crippen LogP contribution in [0, 0.1) is 31.3 Å². The quantitative estimate of drug-likeness (QED) is 0.518. The first-order valence-electron chi connectivity index (χ1n) is 4.71. The van der Waals surface area contributed by atoms with Crippen molar-refractivity contribution >= 4 is 0 Å². The van der Waals surface area contributed by atoms with Crippen molar-refractivity contribution in [3.05, 3.63) is 61.9 Å². The summed E-state index contributed by atoms with van der Waals surface area (Å²) in [6, 6.07) is 8.81. The van der Waals surface area contributed by atoms with Crippen LogP contribution in [0.3, 0.4) is 0 Å². The number of benzene rings is 1. The molecule has 108 valence electrons. The molecule has 1 rings (SSSR count). The maximum atomic E-state index is 9.70. The molecule has 1 aromatic carbocycles. The monoisotopic (exact) mass is 325 g/mol. The van der Waals surface area contributed by atoms with Gasteiger partial charge in [-0.3, -0.25) is 0 Å². The Labute approximate surface area is 133 Å². The van der Waals surface area contributed by atoms with Crippen LogP contribution in [0.15, 0.2) is 36.4 Å². The Morgan fingerprint density at radius 1 is 1.24 bits per heavy atom. The number of nitriles is 1. The van der Waals surface area contributed by atoms with Crippen molar-refractivity contribution in [1.82, 2.24) is 0 Å². The van der Waals surface area contributed by atoms with Crippen LogP contribution in [0.25, 0.3) is 0 Å². The summed E-state index contributed by atoms with van der Waals surface area (Å²) in [4.78, 5) is 0. The van der Waals surface area contributed by atoms with Gasteiger partial charge in [-0.2, -0.15) is 5.26 Å². The average Bonchev–Trinajstić information content (AvgIpc) is 2.58. The molecule has 21 heavy (non-hydrogen) atoms. The van der Waals surface area contributed by atoms with E-state index in [-0.39, 0.29) is 22.9 Å². The number of hydrogen-bond acceptors (Lipinski definition) is 3. The minimum absolute atomic E-state index is 0. The first kappa shape index (κ1) is 27.3. The van der Waals surface area contributed by atoms with Crippen molar-refractivity contribution in [2.45, 2.75) is 6.10 Å². The zero-order valence-corrected chi connectivity index (χ0v) is 12.3. The Bertz CT molecular complexity index is 488. The zero-order chi connectivity index (χ0) is 16.6. The number of methoxy groups -OCH3 is 1. The van der Waals surface area contributed by atoms with Gasteiger partial charge in [-0.1, -0.05) is 24.8 Å². The van der Waals surface area contributed by atoms with E-state index in [1.807, 2.05) is 6.07 Å². The van der Waals surface area contributed by atoms with Gasteiger partial charge in [0.25, 0.3) is 0 Å².